The second-order valence-electron chi connectivity index (χ2n) is 9.85. The van der Waals surface area contributed by atoms with Crippen molar-refractivity contribution in [3.8, 4) is 0 Å². The van der Waals surface area contributed by atoms with Crippen molar-refractivity contribution in [2.24, 2.45) is 0 Å². The van der Waals surface area contributed by atoms with Gasteiger partial charge in [0.05, 0.1) is 2.74 Å². The van der Waals surface area contributed by atoms with Crippen molar-refractivity contribution in [3.05, 3.63) is 117 Å². The molecule has 0 unspecified atom stereocenters. The van der Waals surface area contributed by atoms with Crippen LogP contribution in [0.5, 0.6) is 0 Å². The summed E-state index contributed by atoms with van der Waals surface area (Å²) >= 11 is 1.30. The van der Waals surface area contributed by atoms with Gasteiger partial charge >= 0.3 is 0 Å². The molecule has 3 nitrogen and oxygen atoms in total. The predicted octanol–water partition coefficient (Wildman–Crippen LogP) is 7.34. The molecule has 4 heterocycles. The van der Waals surface area contributed by atoms with Crippen LogP contribution in [0.3, 0.4) is 0 Å². The van der Waals surface area contributed by atoms with Crippen molar-refractivity contribution >= 4 is 38.8 Å². The van der Waals surface area contributed by atoms with Crippen LogP contribution in [0.15, 0.2) is 60.4 Å². The third-order valence-electron chi connectivity index (χ3n) is 6.64. The van der Waals surface area contributed by atoms with Crippen LogP contribution in [0, 0.1) is 33.5 Å². The number of rotatable bonds is 3. The van der Waals surface area contributed by atoms with Crippen LogP contribution in [0.25, 0.3) is 27.4 Å². The summed E-state index contributed by atoms with van der Waals surface area (Å²) in [7, 11) is 0. The molecule has 0 N–H and O–H groups in total. The smallest absolute Gasteiger partial charge is 0.111 e. The van der Waals surface area contributed by atoms with E-state index in [-0.39, 0.29) is 49.1 Å². The fraction of sp³-hybridized carbons (Fsp3) is 0.265. The number of aryl methyl sites for hydroxylation is 3. The molecule has 0 fully saturated rings. The monoisotopic (exact) mass is 718 g/mol. The van der Waals surface area contributed by atoms with Crippen molar-refractivity contribution in [1.82, 2.24) is 15.0 Å². The van der Waals surface area contributed by atoms with E-state index in [0.717, 1.165) is 33.4 Å². The molecule has 4 aromatic rings. The molecular weight excluding hydrogens is 675 g/mol. The third-order valence-corrected chi connectivity index (χ3v) is 7.78. The summed E-state index contributed by atoms with van der Waals surface area (Å²) in [5.74, 6) is 0.544. The Morgan fingerprint density at radius 1 is 1.03 bits per heavy atom. The summed E-state index contributed by atoms with van der Waals surface area (Å²) in [6, 6.07) is 4.82. The van der Waals surface area contributed by atoms with Crippen molar-refractivity contribution < 1.29 is 31.1 Å². The summed E-state index contributed by atoms with van der Waals surface area (Å²) in [6.07, 6.45) is 15.2. The number of allylic oxidation sites excluding steroid dienone is 4. The minimum absolute atomic E-state index is 0. The first-order chi connectivity index (χ1) is 21.6. The van der Waals surface area contributed by atoms with Crippen molar-refractivity contribution in [2.75, 3.05) is 0 Å². The first kappa shape index (κ1) is 20.0. The van der Waals surface area contributed by atoms with E-state index in [0.29, 0.717) is 22.7 Å². The predicted molar refractivity (Wildman–Crippen MR) is 162 cm³/mol. The van der Waals surface area contributed by atoms with E-state index in [1.807, 2.05) is 18.7 Å². The maximum Gasteiger partial charge on any atom is 0.111 e. The summed E-state index contributed by atoms with van der Waals surface area (Å²) in [4.78, 5) is 13.7. The van der Waals surface area contributed by atoms with Crippen LogP contribution in [-0.2, 0) is 20.1 Å². The van der Waals surface area contributed by atoms with Gasteiger partial charge in [-0.25, -0.2) is 4.98 Å². The van der Waals surface area contributed by atoms with Crippen LogP contribution in [0.4, 0.5) is 0 Å². The average molecular weight is 718 g/mol. The van der Waals surface area contributed by atoms with E-state index >= 15 is 0 Å². The van der Waals surface area contributed by atoms with E-state index in [2.05, 4.69) is 67.3 Å². The number of thiophene rings is 1. The zero-order chi connectivity index (χ0) is 33.6. The Hall–Kier alpha value is -2.98. The standard InChI is InChI=1S/C18H15N2S.C16H20N.Ir/c1-11-6-9-16(19-10-11)15-5-3-4-13-14-8-7-12(2)20-18(14)21-17(13)15;1-11(2)15-10-17-16(9-13(15)4)14-7-5-12(3)6-8-14;/h4-10H,3H2,1-2H3;5,7-11H,6H2,1-4H3;/q2*-1;/i1D3,2D3,6D,9D;;. The van der Waals surface area contributed by atoms with Gasteiger partial charge in [-0.3, -0.25) is 0 Å². The summed E-state index contributed by atoms with van der Waals surface area (Å²) in [5, 5.41) is 1.71. The SMILES string of the molecule is CC1=CC=C(c2cc(C)c(C(C)C)cn2)[CH-]C1.[2H]c1c(C([2H])([2H])[2H])cnc(C2=c3sc4nc(C([2H])([2H])[2H])ccc4c3=CC[CH-]2)c1[2H].[Ir]. The molecule has 0 saturated carbocycles. The Morgan fingerprint density at radius 2 is 1.87 bits per heavy atom. The topological polar surface area (TPSA) is 38.7 Å². The zero-order valence-corrected chi connectivity index (χ0v) is 25.6. The van der Waals surface area contributed by atoms with Crippen LogP contribution >= 0.6 is 11.3 Å². The summed E-state index contributed by atoms with van der Waals surface area (Å²) in [6.45, 7) is 3.94. The maximum atomic E-state index is 8.31. The van der Waals surface area contributed by atoms with Gasteiger partial charge in [0, 0.05) is 51.8 Å². The quantitative estimate of drug-likeness (QED) is 0.208. The van der Waals surface area contributed by atoms with Crippen LogP contribution < -0.4 is 9.75 Å². The van der Waals surface area contributed by atoms with Gasteiger partial charge in [-0.05, 0) is 62.1 Å². The third kappa shape index (κ3) is 6.44. The van der Waals surface area contributed by atoms with E-state index in [4.69, 9.17) is 11.0 Å². The molecule has 2 aliphatic rings. The molecule has 203 valence electrons. The van der Waals surface area contributed by atoms with Gasteiger partial charge in [0.1, 0.15) is 4.83 Å². The molecule has 39 heavy (non-hydrogen) atoms. The van der Waals surface area contributed by atoms with Gasteiger partial charge in [-0.1, -0.05) is 77.9 Å². The Labute approximate surface area is 261 Å². The number of aromatic nitrogens is 3. The Morgan fingerprint density at radius 3 is 2.59 bits per heavy atom. The number of nitrogens with zero attached hydrogens (tertiary/aromatic N) is 3. The van der Waals surface area contributed by atoms with E-state index in [1.54, 1.807) is 6.07 Å². The van der Waals surface area contributed by atoms with E-state index in [1.165, 1.54) is 39.7 Å². The van der Waals surface area contributed by atoms with E-state index in [9.17, 15) is 0 Å². The number of pyridine rings is 3. The molecule has 5 heteroatoms. The molecule has 1 radical (unpaired) electrons. The molecule has 0 aliphatic heterocycles. The second kappa shape index (κ2) is 12.5. The fourth-order valence-corrected chi connectivity index (χ4v) is 5.82. The first-order valence-electron chi connectivity index (χ1n) is 16.7. The van der Waals surface area contributed by atoms with Gasteiger partial charge in [-0.15, -0.1) is 11.6 Å². The summed E-state index contributed by atoms with van der Waals surface area (Å²) < 4.78 is 62.4. The van der Waals surface area contributed by atoms with Gasteiger partial charge in [0.2, 0.25) is 0 Å². The molecule has 0 bridgehead atoms. The molecule has 6 rings (SSSR count). The Balaban J connectivity index is 0.000000238. The van der Waals surface area contributed by atoms with Crippen molar-refractivity contribution in [3.63, 3.8) is 0 Å². The van der Waals surface area contributed by atoms with Gasteiger partial charge < -0.3 is 9.97 Å². The molecule has 0 atom stereocenters. The minimum Gasteiger partial charge on any atom is -0.320 e. The number of hydrogen-bond acceptors (Lipinski definition) is 4. The van der Waals surface area contributed by atoms with Crippen LogP contribution in [-0.4, -0.2) is 15.0 Å². The maximum absolute atomic E-state index is 8.31. The molecule has 2 aliphatic carbocycles. The molecule has 0 spiro atoms. The average Bonchev–Trinajstić information content (AvgIpc) is 3.36. The van der Waals surface area contributed by atoms with E-state index < -0.39 is 13.7 Å². The Bertz CT molecular complexity index is 2010. The molecule has 0 amide bonds. The Kier molecular flexibility index (Phi) is 6.39. The number of hydrogen-bond donors (Lipinski definition) is 0. The number of fused-ring (bicyclic) bond motifs is 3. The largest absolute Gasteiger partial charge is 0.320 e. The van der Waals surface area contributed by atoms with Crippen LogP contribution in [0.1, 0.15) is 84.3 Å². The van der Waals surface area contributed by atoms with Gasteiger partial charge in [0.15, 0.2) is 0 Å². The fourth-order valence-electron chi connectivity index (χ4n) is 4.61. The van der Waals surface area contributed by atoms with Gasteiger partial charge in [-0.2, -0.15) is 35.8 Å². The molecule has 0 aromatic carbocycles. The normalized spacial score (nSPS) is 17.7. The molecular formula is C34H35IrN3S-2. The van der Waals surface area contributed by atoms with Crippen molar-refractivity contribution in [2.45, 2.75) is 60.2 Å². The van der Waals surface area contributed by atoms with Crippen LogP contribution in [0.2, 0.25) is 0 Å². The first-order valence-corrected chi connectivity index (χ1v) is 13.5. The van der Waals surface area contributed by atoms with Gasteiger partial charge in [0.25, 0.3) is 0 Å². The van der Waals surface area contributed by atoms with Crippen molar-refractivity contribution in [1.29, 1.82) is 0 Å². The molecule has 4 aromatic heterocycles. The molecule has 0 saturated heterocycles. The zero-order valence-electron chi connectivity index (χ0n) is 30.3. The second-order valence-corrected chi connectivity index (χ2v) is 10.8. The minimum atomic E-state index is -2.51. The summed E-state index contributed by atoms with van der Waals surface area (Å²) in [5.41, 5.74) is 7.06.